The van der Waals surface area contributed by atoms with Crippen molar-refractivity contribution in [1.82, 2.24) is 5.01 Å². The molecular weight excluding hydrogens is 338 g/mol. The van der Waals surface area contributed by atoms with E-state index in [1.54, 1.807) is 6.21 Å². The molecule has 5 nitrogen and oxygen atoms in total. The number of rotatable bonds is 5. The van der Waals surface area contributed by atoms with Crippen molar-refractivity contribution in [2.45, 2.75) is 20.3 Å². The molecular formula is C22H25N3O2. The van der Waals surface area contributed by atoms with E-state index in [4.69, 9.17) is 0 Å². The number of hydrazone groups is 1. The molecule has 140 valence electrons. The van der Waals surface area contributed by atoms with Crippen molar-refractivity contribution in [3.63, 3.8) is 0 Å². The van der Waals surface area contributed by atoms with Gasteiger partial charge in [0.25, 0.3) is 11.8 Å². The van der Waals surface area contributed by atoms with Gasteiger partial charge in [0.05, 0.1) is 18.1 Å². The third-order valence-electron chi connectivity index (χ3n) is 6.98. The fourth-order valence-corrected chi connectivity index (χ4v) is 5.54. The number of benzene rings is 1. The van der Waals surface area contributed by atoms with Crippen molar-refractivity contribution >= 4 is 23.7 Å². The Morgan fingerprint density at radius 2 is 1.56 bits per heavy atom. The van der Waals surface area contributed by atoms with Gasteiger partial charge in [0.1, 0.15) is 0 Å². The zero-order valence-corrected chi connectivity index (χ0v) is 15.8. The van der Waals surface area contributed by atoms with Gasteiger partial charge in [-0.2, -0.15) is 10.1 Å². The van der Waals surface area contributed by atoms with E-state index in [-0.39, 0.29) is 35.5 Å². The van der Waals surface area contributed by atoms with Gasteiger partial charge in [0.15, 0.2) is 0 Å². The number of anilines is 1. The molecule has 0 radical (unpaired) electrons. The summed E-state index contributed by atoms with van der Waals surface area (Å²) in [5.74, 6) is 1.16. The second-order valence-electron chi connectivity index (χ2n) is 8.15. The summed E-state index contributed by atoms with van der Waals surface area (Å²) in [4.78, 5) is 28.1. The molecule has 5 heteroatoms. The predicted octanol–water partition coefficient (Wildman–Crippen LogP) is 2.92. The fraction of sp³-hybridized carbons (Fsp3) is 0.500. The molecule has 1 aromatic carbocycles. The van der Waals surface area contributed by atoms with Gasteiger partial charge >= 0.3 is 0 Å². The average Bonchev–Trinajstić information content (AvgIpc) is 3.47. The van der Waals surface area contributed by atoms with Gasteiger partial charge < -0.3 is 4.90 Å². The van der Waals surface area contributed by atoms with Crippen molar-refractivity contribution in [3.8, 4) is 0 Å². The Morgan fingerprint density at radius 1 is 1.00 bits per heavy atom. The van der Waals surface area contributed by atoms with Crippen LogP contribution in [-0.4, -0.2) is 36.1 Å². The van der Waals surface area contributed by atoms with Crippen molar-refractivity contribution < 1.29 is 9.59 Å². The number of carbonyl (C=O) groups is 2. The quantitative estimate of drug-likeness (QED) is 0.459. The molecule has 0 aromatic heterocycles. The first-order valence-electron chi connectivity index (χ1n) is 10.1. The molecule has 2 amide bonds. The standard InChI is InChI=1S/C22H25N3O2/c1-3-24(4-2)14-7-5-13(6-8-14)12-23-25-21(26)19-15-9-10-16(18-11-17(15)18)20(19)22(25)27/h5-10,12,15-20H,3-4,11H2,1-2H3/b23-12-/t15-,16-,17-,18+,19-,20+/m1/s1. The van der Waals surface area contributed by atoms with Crippen molar-refractivity contribution in [1.29, 1.82) is 0 Å². The highest BCUT2D eigenvalue weighted by Gasteiger charge is 2.67. The summed E-state index contributed by atoms with van der Waals surface area (Å²) < 4.78 is 0. The Kier molecular flexibility index (Phi) is 3.74. The molecule has 3 fully saturated rings. The van der Waals surface area contributed by atoms with E-state index in [0.29, 0.717) is 11.8 Å². The van der Waals surface area contributed by atoms with Crippen LogP contribution in [0.5, 0.6) is 0 Å². The topological polar surface area (TPSA) is 53.0 Å². The zero-order valence-electron chi connectivity index (χ0n) is 15.8. The normalized spacial score (nSPS) is 35.7. The van der Waals surface area contributed by atoms with Crippen LogP contribution in [0.2, 0.25) is 0 Å². The third-order valence-corrected chi connectivity index (χ3v) is 6.98. The van der Waals surface area contributed by atoms with E-state index < -0.39 is 0 Å². The van der Waals surface area contributed by atoms with Gasteiger partial charge in [-0.3, -0.25) is 9.59 Å². The lowest BCUT2D eigenvalue weighted by atomic mass is 9.63. The molecule has 0 N–H and O–H groups in total. The third kappa shape index (κ3) is 2.40. The number of allylic oxidation sites excluding steroid dienone is 2. The van der Waals surface area contributed by atoms with Gasteiger partial charge in [0, 0.05) is 18.8 Å². The van der Waals surface area contributed by atoms with Gasteiger partial charge in [-0.05, 0) is 61.6 Å². The minimum Gasteiger partial charge on any atom is -0.372 e. The molecule has 1 heterocycles. The van der Waals surface area contributed by atoms with Gasteiger partial charge in [0.2, 0.25) is 0 Å². The predicted molar refractivity (Wildman–Crippen MR) is 104 cm³/mol. The summed E-state index contributed by atoms with van der Waals surface area (Å²) in [6.45, 7) is 6.19. The monoisotopic (exact) mass is 363 g/mol. The molecule has 5 aliphatic rings. The summed E-state index contributed by atoms with van der Waals surface area (Å²) in [5, 5.41) is 5.44. The smallest absolute Gasteiger partial charge is 0.254 e. The number of imide groups is 1. The number of hydrogen-bond acceptors (Lipinski definition) is 4. The van der Waals surface area contributed by atoms with Gasteiger partial charge in [-0.25, -0.2) is 0 Å². The van der Waals surface area contributed by atoms with E-state index in [0.717, 1.165) is 23.7 Å². The number of carbonyl (C=O) groups excluding carboxylic acids is 2. The molecule has 6 rings (SSSR count). The lowest BCUT2D eigenvalue weighted by Crippen LogP contribution is -2.40. The van der Waals surface area contributed by atoms with E-state index in [9.17, 15) is 9.59 Å². The van der Waals surface area contributed by atoms with Crippen LogP contribution >= 0.6 is 0 Å². The van der Waals surface area contributed by atoms with Crippen LogP contribution in [0.25, 0.3) is 0 Å². The SMILES string of the molecule is CCN(CC)c1ccc(/C=N\N2C(=O)[C@@H]3[C@@H]4C=C[C@H]([C@@H]5C[C@H]45)[C@@H]3C2=O)cc1. The second kappa shape index (κ2) is 6.04. The van der Waals surface area contributed by atoms with Crippen LogP contribution in [0.1, 0.15) is 25.8 Å². The second-order valence-corrected chi connectivity index (χ2v) is 8.15. The maximum absolute atomic E-state index is 12.9. The molecule has 6 atom stereocenters. The van der Waals surface area contributed by atoms with Crippen LogP contribution in [0.3, 0.4) is 0 Å². The highest BCUT2D eigenvalue weighted by atomic mass is 16.2. The number of amides is 2. The summed E-state index contributed by atoms with van der Waals surface area (Å²) in [7, 11) is 0. The molecule has 2 bridgehead atoms. The first-order valence-corrected chi connectivity index (χ1v) is 10.1. The van der Waals surface area contributed by atoms with Crippen molar-refractivity contribution in [2.75, 3.05) is 18.0 Å². The molecule has 27 heavy (non-hydrogen) atoms. The highest BCUT2D eigenvalue weighted by molar-refractivity contribution is 6.06. The van der Waals surface area contributed by atoms with E-state index in [1.165, 1.54) is 12.1 Å². The van der Waals surface area contributed by atoms with Gasteiger partial charge in [-0.1, -0.05) is 24.3 Å². The number of hydrogen-bond donors (Lipinski definition) is 0. The highest BCUT2D eigenvalue weighted by Crippen LogP contribution is 2.65. The zero-order chi connectivity index (χ0) is 18.7. The number of nitrogens with zero attached hydrogens (tertiary/aromatic N) is 3. The summed E-state index contributed by atoms with van der Waals surface area (Å²) in [5.41, 5.74) is 2.06. The van der Waals surface area contributed by atoms with Crippen LogP contribution in [0.15, 0.2) is 41.5 Å². The van der Waals surface area contributed by atoms with E-state index >= 15 is 0 Å². The average molecular weight is 363 g/mol. The lowest BCUT2D eigenvalue weighted by molar-refractivity contribution is -0.140. The van der Waals surface area contributed by atoms with Crippen LogP contribution < -0.4 is 4.90 Å². The molecule has 2 saturated carbocycles. The minimum atomic E-state index is -0.182. The Balaban J connectivity index is 1.34. The minimum absolute atomic E-state index is 0.106. The molecule has 1 saturated heterocycles. The fourth-order valence-electron chi connectivity index (χ4n) is 5.54. The van der Waals surface area contributed by atoms with E-state index in [2.05, 4.69) is 48.1 Å². The van der Waals surface area contributed by atoms with Crippen molar-refractivity contribution in [3.05, 3.63) is 42.0 Å². The summed E-state index contributed by atoms with van der Waals surface area (Å²) >= 11 is 0. The Hall–Kier alpha value is -2.43. The summed E-state index contributed by atoms with van der Waals surface area (Å²) in [6, 6.07) is 8.07. The molecule has 4 aliphatic carbocycles. The van der Waals surface area contributed by atoms with Gasteiger partial charge in [-0.15, -0.1) is 0 Å². The van der Waals surface area contributed by atoms with Crippen molar-refractivity contribution in [2.24, 2.45) is 40.6 Å². The Labute approximate surface area is 159 Å². The molecule has 1 aromatic rings. The van der Waals surface area contributed by atoms with Crippen LogP contribution in [0.4, 0.5) is 5.69 Å². The summed E-state index contributed by atoms with van der Waals surface area (Å²) in [6.07, 6.45) is 7.18. The van der Waals surface area contributed by atoms with Crippen LogP contribution in [-0.2, 0) is 9.59 Å². The maximum atomic E-state index is 12.9. The Morgan fingerprint density at radius 3 is 2.07 bits per heavy atom. The molecule has 0 unspecified atom stereocenters. The Bertz CT molecular complexity index is 804. The first-order chi connectivity index (χ1) is 13.1. The molecule has 0 spiro atoms. The maximum Gasteiger partial charge on any atom is 0.254 e. The lowest BCUT2D eigenvalue weighted by Gasteiger charge is -2.37. The van der Waals surface area contributed by atoms with E-state index in [1.807, 2.05) is 12.1 Å². The first kappa shape index (κ1) is 16.7. The molecule has 1 aliphatic heterocycles. The van der Waals surface area contributed by atoms with Crippen LogP contribution in [0, 0.1) is 35.5 Å². The largest absolute Gasteiger partial charge is 0.372 e.